The standard InChI is InChI=1S/C4H8O3.Sn.2H/c1-3(5)2-4(6)7;;;/h3,5H,2H2,1H3,(H,6,7);;;. The maximum atomic E-state index is 9.65. The summed E-state index contributed by atoms with van der Waals surface area (Å²) in [4.78, 5) is 9.65. The third-order valence-corrected chi connectivity index (χ3v) is 0.470. The zero-order chi connectivity index (χ0) is 5.86. The van der Waals surface area contributed by atoms with Gasteiger partial charge in [-0.15, -0.1) is 0 Å². The Morgan fingerprint density at radius 1 is 1.75 bits per heavy atom. The van der Waals surface area contributed by atoms with Crippen molar-refractivity contribution in [2.75, 3.05) is 0 Å². The van der Waals surface area contributed by atoms with E-state index in [0.29, 0.717) is 0 Å². The molecule has 4 heteroatoms. The van der Waals surface area contributed by atoms with Gasteiger partial charge in [0.15, 0.2) is 0 Å². The van der Waals surface area contributed by atoms with E-state index in [-0.39, 0.29) is 30.3 Å². The molecule has 1 atom stereocenters. The number of carboxylic acids is 1. The van der Waals surface area contributed by atoms with Crippen LogP contribution in [0.1, 0.15) is 13.3 Å². The number of hydrogen-bond donors (Lipinski definition) is 2. The zero-order valence-electron chi connectivity index (χ0n) is 4.79. The van der Waals surface area contributed by atoms with Crippen LogP contribution in [-0.2, 0) is 4.79 Å². The summed E-state index contributed by atoms with van der Waals surface area (Å²) in [5.74, 6) is -0.963. The molecule has 0 aromatic rings. The Morgan fingerprint density at radius 2 is 2.12 bits per heavy atom. The fraction of sp³-hybridized carbons (Fsp3) is 0.750. The quantitative estimate of drug-likeness (QED) is 0.588. The van der Waals surface area contributed by atoms with E-state index >= 15 is 0 Å². The molecule has 2 radical (unpaired) electrons. The Kier molecular flexibility index (Phi) is 7.44. The van der Waals surface area contributed by atoms with Crippen LogP contribution in [0.15, 0.2) is 0 Å². The predicted molar refractivity (Wildman–Crippen MR) is 32.5 cm³/mol. The molecule has 0 bridgehead atoms. The van der Waals surface area contributed by atoms with Crippen LogP contribution in [0.2, 0.25) is 0 Å². The summed E-state index contributed by atoms with van der Waals surface area (Å²) in [5.41, 5.74) is 0. The molecule has 2 N–H and O–H groups in total. The number of aliphatic hydroxyl groups excluding tert-OH is 1. The molecular weight excluding hydrogens is 215 g/mol. The van der Waals surface area contributed by atoms with E-state index in [1.165, 1.54) is 6.92 Å². The summed E-state index contributed by atoms with van der Waals surface area (Å²) in [7, 11) is 0. The number of carboxylic acid groups (broad SMARTS) is 1. The number of aliphatic hydroxyl groups is 1. The van der Waals surface area contributed by atoms with Gasteiger partial charge in [0.05, 0.1) is 12.5 Å². The Labute approximate surface area is 64.7 Å². The van der Waals surface area contributed by atoms with Crippen molar-refractivity contribution in [2.45, 2.75) is 19.4 Å². The van der Waals surface area contributed by atoms with Crippen LogP contribution in [-0.4, -0.2) is 46.2 Å². The Bertz CT molecular complexity index is 71.7. The van der Waals surface area contributed by atoms with Crippen molar-refractivity contribution >= 4 is 29.9 Å². The average Bonchev–Trinajstić information content (AvgIpc) is 1.27. The SMILES string of the molecule is CC(O)CC(=O)O.[SnH2]. The van der Waals surface area contributed by atoms with Gasteiger partial charge < -0.3 is 10.2 Å². The van der Waals surface area contributed by atoms with E-state index in [9.17, 15) is 4.79 Å². The van der Waals surface area contributed by atoms with Gasteiger partial charge in [-0.1, -0.05) is 0 Å². The van der Waals surface area contributed by atoms with Crippen LogP contribution in [0.25, 0.3) is 0 Å². The van der Waals surface area contributed by atoms with Crippen molar-refractivity contribution in [1.29, 1.82) is 0 Å². The van der Waals surface area contributed by atoms with Gasteiger partial charge in [0.1, 0.15) is 0 Å². The van der Waals surface area contributed by atoms with Crippen molar-refractivity contribution in [3.05, 3.63) is 0 Å². The number of hydrogen-bond acceptors (Lipinski definition) is 2. The summed E-state index contributed by atoms with van der Waals surface area (Å²) >= 11 is 0. The summed E-state index contributed by atoms with van der Waals surface area (Å²) in [6, 6.07) is 0. The van der Waals surface area contributed by atoms with Crippen LogP contribution in [0, 0.1) is 0 Å². The predicted octanol–water partition coefficient (Wildman–Crippen LogP) is -1.07. The molecule has 0 aliphatic carbocycles. The van der Waals surface area contributed by atoms with Crippen molar-refractivity contribution in [1.82, 2.24) is 0 Å². The molecule has 0 saturated carbocycles. The molecule has 1 unspecified atom stereocenters. The van der Waals surface area contributed by atoms with E-state index < -0.39 is 12.1 Å². The fourth-order valence-electron chi connectivity index (χ4n) is 0.253. The van der Waals surface area contributed by atoms with Gasteiger partial charge in [0.2, 0.25) is 0 Å². The second kappa shape index (κ2) is 5.37. The minimum atomic E-state index is -0.963. The van der Waals surface area contributed by atoms with Gasteiger partial charge >= 0.3 is 29.9 Å². The van der Waals surface area contributed by atoms with Crippen LogP contribution in [0.3, 0.4) is 0 Å². The molecule has 0 amide bonds. The van der Waals surface area contributed by atoms with E-state index in [1.54, 1.807) is 0 Å². The molecule has 48 valence electrons. The van der Waals surface area contributed by atoms with E-state index in [1.807, 2.05) is 0 Å². The van der Waals surface area contributed by atoms with Crippen molar-refractivity contribution < 1.29 is 15.0 Å². The molecule has 0 heterocycles. The first-order chi connectivity index (χ1) is 3.13. The van der Waals surface area contributed by atoms with Gasteiger partial charge in [0.25, 0.3) is 0 Å². The third kappa shape index (κ3) is 9.52. The van der Waals surface area contributed by atoms with Crippen molar-refractivity contribution in [2.24, 2.45) is 0 Å². The first-order valence-electron chi connectivity index (χ1n) is 2.03. The molecular formula is C4H10O3Sn. The van der Waals surface area contributed by atoms with Gasteiger partial charge in [-0.25, -0.2) is 0 Å². The molecule has 8 heavy (non-hydrogen) atoms. The average molecular weight is 225 g/mol. The molecule has 0 rings (SSSR count). The van der Waals surface area contributed by atoms with Crippen LogP contribution >= 0.6 is 0 Å². The summed E-state index contributed by atoms with van der Waals surface area (Å²) in [5, 5.41) is 16.3. The number of rotatable bonds is 2. The second-order valence-electron chi connectivity index (χ2n) is 1.45. The molecule has 0 aromatic heterocycles. The number of carbonyl (C=O) groups is 1. The molecule has 0 aliphatic heterocycles. The monoisotopic (exact) mass is 226 g/mol. The topological polar surface area (TPSA) is 57.5 Å². The normalized spacial score (nSPS) is 11.8. The molecule has 0 fully saturated rings. The van der Waals surface area contributed by atoms with Crippen LogP contribution in [0.4, 0.5) is 0 Å². The van der Waals surface area contributed by atoms with Gasteiger partial charge in [-0.05, 0) is 6.92 Å². The summed E-state index contributed by atoms with van der Waals surface area (Å²) in [6.07, 6.45) is -0.891. The molecule has 0 aliphatic rings. The Hall–Kier alpha value is 0.229. The van der Waals surface area contributed by atoms with Crippen molar-refractivity contribution in [3.63, 3.8) is 0 Å². The zero-order valence-corrected chi connectivity index (χ0v) is 8.83. The van der Waals surface area contributed by atoms with Crippen molar-refractivity contribution in [3.8, 4) is 0 Å². The van der Waals surface area contributed by atoms with E-state index in [2.05, 4.69) is 0 Å². The minimum absolute atomic E-state index is 0. The number of aliphatic carboxylic acids is 1. The first-order valence-corrected chi connectivity index (χ1v) is 2.03. The Morgan fingerprint density at radius 3 is 2.12 bits per heavy atom. The fourth-order valence-corrected chi connectivity index (χ4v) is 0.253. The van der Waals surface area contributed by atoms with E-state index in [4.69, 9.17) is 10.2 Å². The Balaban J connectivity index is 0. The summed E-state index contributed by atoms with van der Waals surface area (Å²) in [6.45, 7) is 1.44. The van der Waals surface area contributed by atoms with Crippen LogP contribution < -0.4 is 0 Å². The molecule has 3 nitrogen and oxygen atoms in total. The molecule has 0 saturated heterocycles. The summed E-state index contributed by atoms with van der Waals surface area (Å²) < 4.78 is 0. The molecule has 0 aromatic carbocycles. The first kappa shape index (κ1) is 11.1. The third-order valence-electron chi connectivity index (χ3n) is 0.470. The maximum absolute atomic E-state index is 9.65. The van der Waals surface area contributed by atoms with Gasteiger partial charge in [-0.3, -0.25) is 4.79 Å². The van der Waals surface area contributed by atoms with Crippen LogP contribution in [0.5, 0.6) is 0 Å². The second-order valence-corrected chi connectivity index (χ2v) is 1.45. The van der Waals surface area contributed by atoms with E-state index in [0.717, 1.165) is 0 Å². The molecule has 0 spiro atoms. The van der Waals surface area contributed by atoms with Gasteiger partial charge in [0, 0.05) is 0 Å². The van der Waals surface area contributed by atoms with Gasteiger partial charge in [-0.2, -0.15) is 0 Å².